The Morgan fingerprint density at radius 2 is 2.00 bits per heavy atom. The molecule has 0 unspecified atom stereocenters. The number of nitrogens with zero attached hydrogens (tertiary/aromatic N) is 2. The molecule has 1 heterocycles. The average Bonchev–Trinajstić information content (AvgIpc) is 2.82. The molecule has 19 heavy (non-hydrogen) atoms. The van der Waals surface area contributed by atoms with Crippen LogP contribution in [0.1, 0.15) is 12.5 Å². The predicted octanol–water partition coefficient (Wildman–Crippen LogP) is 4.45. The SMILES string of the molecule is CCSc1ccccc1-n1cc2ccc(C)cc2n1. The van der Waals surface area contributed by atoms with Crippen LogP contribution >= 0.6 is 11.8 Å². The van der Waals surface area contributed by atoms with Crippen molar-refractivity contribution in [3.05, 3.63) is 54.2 Å². The van der Waals surface area contributed by atoms with Crippen molar-refractivity contribution in [3.63, 3.8) is 0 Å². The van der Waals surface area contributed by atoms with Crippen LogP contribution in [-0.2, 0) is 0 Å². The third-order valence-corrected chi connectivity index (χ3v) is 4.02. The Labute approximate surface area is 117 Å². The van der Waals surface area contributed by atoms with Crippen LogP contribution in [0, 0.1) is 6.92 Å². The first kappa shape index (κ1) is 12.3. The molecule has 96 valence electrons. The first-order chi connectivity index (χ1) is 9.28. The molecule has 0 aliphatic rings. The Morgan fingerprint density at radius 1 is 1.16 bits per heavy atom. The molecular formula is C16H16N2S. The minimum absolute atomic E-state index is 1.05. The van der Waals surface area contributed by atoms with Crippen molar-refractivity contribution in [2.75, 3.05) is 5.75 Å². The summed E-state index contributed by atoms with van der Waals surface area (Å²) in [6.07, 6.45) is 2.10. The molecule has 3 heteroatoms. The number of hydrogen-bond acceptors (Lipinski definition) is 2. The van der Waals surface area contributed by atoms with Gasteiger partial charge in [-0.1, -0.05) is 31.2 Å². The lowest BCUT2D eigenvalue weighted by Crippen LogP contribution is -1.96. The quantitative estimate of drug-likeness (QED) is 0.653. The van der Waals surface area contributed by atoms with Gasteiger partial charge in [-0.3, -0.25) is 0 Å². The standard InChI is InChI=1S/C16H16N2S/c1-3-19-16-7-5-4-6-15(16)18-11-13-9-8-12(2)10-14(13)17-18/h4-11H,3H2,1-2H3. The Kier molecular flexibility index (Phi) is 3.30. The highest BCUT2D eigenvalue weighted by Crippen LogP contribution is 2.26. The Bertz CT molecular complexity index is 716. The number of rotatable bonds is 3. The van der Waals surface area contributed by atoms with Gasteiger partial charge in [0.2, 0.25) is 0 Å². The number of aromatic nitrogens is 2. The van der Waals surface area contributed by atoms with Gasteiger partial charge in [0.15, 0.2) is 0 Å². The molecular weight excluding hydrogens is 252 g/mol. The van der Waals surface area contributed by atoms with E-state index in [0.29, 0.717) is 0 Å². The second-order valence-corrected chi connectivity index (χ2v) is 5.84. The molecule has 0 aliphatic carbocycles. The topological polar surface area (TPSA) is 17.8 Å². The molecule has 1 aromatic heterocycles. The maximum Gasteiger partial charge on any atom is 0.0930 e. The number of thioether (sulfide) groups is 1. The summed E-state index contributed by atoms with van der Waals surface area (Å²) >= 11 is 1.85. The zero-order valence-electron chi connectivity index (χ0n) is 11.1. The van der Waals surface area contributed by atoms with Gasteiger partial charge < -0.3 is 0 Å². The fraction of sp³-hybridized carbons (Fsp3) is 0.188. The van der Waals surface area contributed by atoms with E-state index in [-0.39, 0.29) is 0 Å². The molecule has 0 fully saturated rings. The Hall–Kier alpha value is -1.74. The van der Waals surface area contributed by atoms with Gasteiger partial charge in [-0.25, -0.2) is 4.68 Å². The predicted molar refractivity (Wildman–Crippen MR) is 82.2 cm³/mol. The second-order valence-electron chi connectivity index (χ2n) is 4.54. The number of fused-ring (bicyclic) bond motifs is 1. The molecule has 0 radical (unpaired) electrons. The molecule has 2 nitrogen and oxygen atoms in total. The average molecular weight is 268 g/mol. The third kappa shape index (κ3) is 2.38. The maximum absolute atomic E-state index is 4.69. The van der Waals surface area contributed by atoms with Crippen LogP contribution in [0.25, 0.3) is 16.6 Å². The van der Waals surface area contributed by atoms with Crippen molar-refractivity contribution >= 4 is 22.7 Å². The first-order valence-corrected chi connectivity index (χ1v) is 7.44. The van der Waals surface area contributed by atoms with Gasteiger partial charge in [-0.05, 0) is 36.4 Å². The molecule has 0 atom stereocenters. The van der Waals surface area contributed by atoms with Crippen molar-refractivity contribution in [1.29, 1.82) is 0 Å². The summed E-state index contributed by atoms with van der Waals surface area (Å²) < 4.78 is 1.99. The molecule has 0 spiro atoms. The monoisotopic (exact) mass is 268 g/mol. The zero-order valence-corrected chi connectivity index (χ0v) is 11.9. The van der Waals surface area contributed by atoms with Crippen molar-refractivity contribution in [3.8, 4) is 5.69 Å². The third-order valence-electron chi connectivity index (χ3n) is 3.07. The molecule has 0 bridgehead atoms. The van der Waals surface area contributed by atoms with E-state index in [1.54, 1.807) is 0 Å². The Balaban J connectivity index is 2.13. The van der Waals surface area contributed by atoms with Gasteiger partial charge in [0.25, 0.3) is 0 Å². The maximum atomic E-state index is 4.69. The van der Waals surface area contributed by atoms with Gasteiger partial charge in [-0.15, -0.1) is 11.8 Å². The first-order valence-electron chi connectivity index (χ1n) is 6.46. The lowest BCUT2D eigenvalue weighted by Gasteiger charge is -2.07. The fourth-order valence-corrected chi connectivity index (χ4v) is 2.97. The highest BCUT2D eigenvalue weighted by atomic mass is 32.2. The van der Waals surface area contributed by atoms with E-state index in [1.807, 2.05) is 16.4 Å². The van der Waals surface area contributed by atoms with Crippen LogP contribution in [0.5, 0.6) is 0 Å². The minimum atomic E-state index is 1.05. The Morgan fingerprint density at radius 3 is 2.84 bits per heavy atom. The molecule has 3 aromatic rings. The minimum Gasteiger partial charge on any atom is -0.239 e. The highest BCUT2D eigenvalue weighted by Gasteiger charge is 2.07. The van der Waals surface area contributed by atoms with E-state index in [9.17, 15) is 0 Å². The van der Waals surface area contributed by atoms with Crippen LogP contribution in [-0.4, -0.2) is 15.5 Å². The van der Waals surface area contributed by atoms with Crippen LogP contribution in [0.3, 0.4) is 0 Å². The fourth-order valence-electron chi connectivity index (χ4n) is 2.17. The van der Waals surface area contributed by atoms with E-state index in [2.05, 4.69) is 62.5 Å². The van der Waals surface area contributed by atoms with Crippen LogP contribution in [0.2, 0.25) is 0 Å². The molecule has 0 saturated carbocycles. The number of hydrogen-bond donors (Lipinski definition) is 0. The van der Waals surface area contributed by atoms with E-state index in [1.165, 1.54) is 15.8 Å². The molecule has 0 saturated heterocycles. The van der Waals surface area contributed by atoms with Crippen molar-refractivity contribution in [1.82, 2.24) is 9.78 Å². The summed E-state index contributed by atoms with van der Waals surface area (Å²) in [4.78, 5) is 1.27. The number of benzene rings is 2. The summed E-state index contributed by atoms with van der Waals surface area (Å²) in [5.41, 5.74) is 3.45. The summed E-state index contributed by atoms with van der Waals surface area (Å²) in [5, 5.41) is 5.87. The van der Waals surface area contributed by atoms with E-state index in [0.717, 1.165) is 17.0 Å². The zero-order chi connectivity index (χ0) is 13.2. The highest BCUT2D eigenvalue weighted by molar-refractivity contribution is 7.99. The van der Waals surface area contributed by atoms with E-state index in [4.69, 9.17) is 5.10 Å². The number of aryl methyl sites for hydroxylation is 1. The molecule has 0 N–H and O–H groups in total. The van der Waals surface area contributed by atoms with E-state index >= 15 is 0 Å². The van der Waals surface area contributed by atoms with Crippen LogP contribution in [0.4, 0.5) is 0 Å². The largest absolute Gasteiger partial charge is 0.239 e. The molecule has 3 rings (SSSR count). The van der Waals surface area contributed by atoms with Crippen molar-refractivity contribution in [2.45, 2.75) is 18.7 Å². The lowest BCUT2D eigenvalue weighted by atomic mass is 10.2. The van der Waals surface area contributed by atoms with Gasteiger partial charge >= 0.3 is 0 Å². The molecule has 0 aliphatic heterocycles. The van der Waals surface area contributed by atoms with Crippen molar-refractivity contribution in [2.24, 2.45) is 0 Å². The van der Waals surface area contributed by atoms with Crippen LogP contribution < -0.4 is 0 Å². The summed E-state index contributed by atoms with van der Waals surface area (Å²) in [7, 11) is 0. The van der Waals surface area contributed by atoms with Gasteiger partial charge in [0.05, 0.1) is 11.2 Å². The lowest BCUT2D eigenvalue weighted by molar-refractivity contribution is 0.876. The van der Waals surface area contributed by atoms with Gasteiger partial charge in [-0.2, -0.15) is 5.10 Å². The van der Waals surface area contributed by atoms with Crippen LogP contribution in [0.15, 0.2) is 53.6 Å². The summed E-state index contributed by atoms with van der Waals surface area (Å²) in [5.74, 6) is 1.07. The van der Waals surface area contributed by atoms with E-state index < -0.39 is 0 Å². The van der Waals surface area contributed by atoms with Gasteiger partial charge in [0.1, 0.15) is 0 Å². The summed E-state index contributed by atoms with van der Waals surface area (Å²) in [6.45, 7) is 4.27. The normalized spacial score (nSPS) is 11.1. The molecule has 0 amide bonds. The number of para-hydroxylation sites is 1. The van der Waals surface area contributed by atoms with Crippen molar-refractivity contribution < 1.29 is 0 Å². The molecule has 2 aromatic carbocycles. The summed E-state index contributed by atoms with van der Waals surface area (Å²) in [6, 6.07) is 14.8. The van der Waals surface area contributed by atoms with Gasteiger partial charge in [0, 0.05) is 16.5 Å². The smallest absolute Gasteiger partial charge is 0.0930 e. The second kappa shape index (κ2) is 5.10.